The number of rotatable bonds is 4. The third-order valence-corrected chi connectivity index (χ3v) is 4.10. The molecular formula is C17H19Br. The molecule has 1 unspecified atom stereocenters. The van der Waals surface area contributed by atoms with Crippen molar-refractivity contribution >= 4 is 15.9 Å². The molecular weight excluding hydrogens is 284 g/mol. The van der Waals surface area contributed by atoms with Crippen LogP contribution in [0.4, 0.5) is 0 Å². The van der Waals surface area contributed by atoms with Gasteiger partial charge in [-0.15, -0.1) is 0 Å². The van der Waals surface area contributed by atoms with Crippen LogP contribution in [0.25, 0.3) is 0 Å². The van der Waals surface area contributed by atoms with Gasteiger partial charge in [-0.2, -0.15) is 0 Å². The normalized spacial score (nSPS) is 12.4. The van der Waals surface area contributed by atoms with Gasteiger partial charge in [0.05, 0.1) is 0 Å². The lowest BCUT2D eigenvalue weighted by Gasteiger charge is -2.11. The van der Waals surface area contributed by atoms with Gasteiger partial charge >= 0.3 is 0 Å². The first-order chi connectivity index (χ1) is 8.69. The van der Waals surface area contributed by atoms with E-state index in [2.05, 4.69) is 78.3 Å². The molecule has 1 atom stereocenters. The quantitative estimate of drug-likeness (QED) is 0.678. The van der Waals surface area contributed by atoms with Crippen molar-refractivity contribution in [2.75, 3.05) is 0 Å². The highest BCUT2D eigenvalue weighted by molar-refractivity contribution is 9.09. The molecule has 2 aromatic carbocycles. The highest BCUT2D eigenvalue weighted by atomic mass is 79.9. The van der Waals surface area contributed by atoms with Gasteiger partial charge in [0.2, 0.25) is 0 Å². The maximum atomic E-state index is 3.79. The Hall–Kier alpha value is -1.08. The van der Waals surface area contributed by atoms with Crippen molar-refractivity contribution in [2.45, 2.75) is 31.5 Å². The Kier molecular flexibility index (Phi) is 4.60. The van der Waals surface area contributed by atoms with Gasteiger partial charge in [-0.25, -0.2) is 0 Å². The monoisotopic (exact) mass is 302 g/mol. The van der Waals surface area contributed by atoms with Gasteiger partial charge in [-0.3, -0.25) is 0 Å². The average molecular weight is 303 g/mol. The van der Waals surface area contributed by atoms with Crippen LogP contribution in [0.1, 0.15) is 34.0 Å². The van der Waals surface area contributed by atoms with Gasteiger partial charge in [-0.1, -0.05) is 76.9 Å². The zero-order valence-corrected chi connectivity index (χ0v) is 12.6. The summed E-state index contributed by atoms with van der Waals surface area (Å²) < 4.78 is 0. The fourth-order valence-electron chi connectivity index (χ4n) is 2.13. The predicted octanol–water partition coefficient (Wildman–Crippen LogP) is 5.24. The van der Waals surface area contributed by atoms with E-state index < -0.39 is 0 Å². The molecule has 1 heteroatoms. The van der Waals surface area contributed by atoms with E-state index in [4.69, 9.17) is 0 Å². The Morgan fingerprint density at radius 1 is 1.00 bits per heavy atom. The van der Waals surface area contributed by atoms with Crippen molar-refractivity contribution in [3.8, 4) is 0 Å². The molecule has 0 aliphatic carbocycles. The van der Waals surface area contributed by atoms with E-state index in [9.17, 15) is 0 Å². The number of alkyl halides is 1. The first-order valence-electron chi connectivity index (χ1n) is 6.47. The molecule has 18 heavy (non-hydrogen) atoms. The minimum absolute atomic E-state index is 0.394. The minimum Gasteiger partial charge on any atom is -0.0835 e. The van der Waals surface area contributed by atoms with E-state index in [0.29, 0.717) is 4.83 Å². The highest BCUT2D eigenvalue weighted by Crippen LogP contribution is 2.27. The smallest absolute Gasteiger partial charge is 0.0435 e. The largest absolute Gasteiger partial charge is 0.0835 e. The Morgan fingerprint density at radius 3 is 2.33 bits per heavy atom. The molecule has 0 spiro atoms. The lowest BCUT2D eigenvalue weighted by atomic mass is 10.0. The number of halogens is 1. The van der Waals surface area contributed by atoms with E-state index in [1.807, 2.05) is 0 Å². The van der Waals surface area contributed by atoms with Gasteiger partial charge in [0.15, 0.2) is 0 Å². The molecule has 0 saturated heterocycles. The molecule has 0 bridgehead atoms. The molecule has 2 rings (SSSR count). The maximum absolute atomic E-state index is 3.79. The Bertz CT molecular complexity index is 499. The summed E-state index contributed by atoms with van der Waals surface area (Å²) in [5.41, 5.74) is 5.47. The minimum atomic E-state index is 0.394. The fourth-order valence-corrected chi connectivity index (χ4v) is 2.81. The lowest BCUT2D eigenvalue weighted by molar-refractivity contribution is 0.944. The van der Waals surface area contributed by atoms with E-state index in [-0.39, 0.29) is 0 Å². The standard InChI is InChI=1S/C17H19Br/c1-3-14-7-9-16(10-8-14)17(18)12-15-6-4-5-13(2)11-15/h4-11,17H,3,12H2,1-2H3. The number of benzene rings is 2. The van der Waals surface area contributed by atoms with Crippen LogP contribution in [0.3, 0.4) is 0 Å². The van der Waals surface area contributed by atoms with E-state index in [1.54, 1.807) is 0 Å². The average Bonchev–Trinajstić information content (AvgIpc) is 2.39. The van der Waals surface area contributed by atoms with Crippen LogP contribution in [0.15, 0.2) is 48.5 Å². The van der Waals surface area contributed by atoms with Gasteiger partial charge in [0, 0.05) is 4.83 Å². The highest BCUT2D eigenvalue weighted by Gasteiger charge is 2.08. The van der Waals surface area contributed by atoms with E-state index >= 15 is 0 Å². The topological polar surface area (TPSA) is 0 Å². The molecule has 0 N–H and O–H groups in total. The van der Waals surface area contributed by atoms with E-state index in [1.165, 1.54) is 22.3 Å². The summed E-state index contributed by atoms with van der Waals surface area (Å²) in [6, 6.07) is 17.6. The SMILES string of the molecule is CCc1ccc(C(Br)Cc2cccc(C)c2)cc1. The summed E-state index contributed by atoms with van der Waals surface area (Å²) in [5, 5.41) is 0. The van der Waals surface area contributed by atoms with Crippen molar-refractivity contribution in [1.82, 2.24) is 0 Å². The maximum Gasteiger partial charge on any atom is 0.0435 e. The molecule has 0 saturated carbocycles. The third kappa shape index (κ3) is 3.46. The van der Waals surface area contributed by atoms with Gasteiger partial charge < -0.3 is 0 Å². The summed E-state index contributed by atoms with van der Waals surface area (Å²) in [6.45, 7) is 4.33. The molecule has 0 aromatic heterocycles. The number of hydrogen-bond acceptors (Lipinski definition) is 0. The first kappa shape index (κ1) is 13.4. The second kappa shape index (κ2) is 6.19. The molecule has 0 aliphatic rings. The van der Waals surface area contributed by atoms with Crippen LogP contribution in [-0.2, 0) is 12.8 Å². The van der Waals surface area contributed by atoms with Crippen LogP contribution < -0.4 is 0 Å². The van der Waals surface area contributed by atoms with Gasteiger partial charge in [-0.05, 0) is 36.5 Å². The molecule has 0 nitrogen and oxygen atoms in total. The summed E-state index contributed by atoms with van der Waals surface area (Å²) in [5.74, 6) is 0. The van der Waals surface area contributed by atoms with E-state index in [0.717, 1.165) is 12.8 Å². The van der Waals surface area contributed by atoms with Crippen molar-refractivity contribution in [1.29, 1.82) is 0 Å². The summed E-state index contributed by atoms with van der Waals surface area (Å²) in [6.07, 6.45) is 2.14. The molecule has 0 radical (unpaired) electrons. The molecule has 0 fully saturated rings. The van der Waals surface area contributed by atoms with Crippen LogP contribution in [0, 0.1) is 6.92 Å². The van der Waals surface area contributed by atoms with Gasteiger partial charge in [0.1, 0.15) is 0 Å². The second-order valence-corrected chi connectivity index (χ2v) is 5.86. The van der Waals surface area contributed by atoms with Crippen LogP contribution in [0.2, 0.25) is 0 Å². The number of hydrogen-bond donors (Lipinski definition) is 0. The second-order valence-electron chi connectivity index (χ2n) is 4.76. The molecule has 94 valence electrons. The zero-order chi connectivity index (χ0) is 13.0. The van der Waals surface area contributed by atoms with Crippen LogP contribution >= 0.6 is 15.9 Å². The summed E-state index contributed by atoms with van der Waals surface area (Å²) in [4.78, 5) is 0.394. The van der Waals surface area contributed by atoms with Crippen LogP contribution in [-0.4, -0.2) is 0 Å². The molecule has 0 amide bonds. The molecule has 0 heterocycles. The predicted molar refractivity (Wildman–Crippen MR) is 82.4 cm³/mol. The molecule has 0 aliphatic heterocycles. The summed E-state index contributed by atoms with van der Waals surface area (Å²) >= 11 is 3.79. The van der Waals surface area contributed by atoms with Crippen molar-refractivity contribution in [2.24, 2.45) is 0 Å². The van der Waals surface area contributed by atoms with Gasteiger partial charge in [0.25, 0.3) is 0 Å². The summed E-state index contributed by atoms with van der Waals surface area (Å²) in [7, 11) is 0. The van der Waals surface area contributed by atoms with Crippen molar-refractivity contribution in [3.63, 3.8) is 0 Å². The first-order valence-corrected chi connectivity index (χ1v) is 7.39. The Morgan fingerprint density at radius 2 is 1.72 bits per heavy atom. The number of aryl methyl sites for hydroxylation is 2. The lowest BCUT2D eigenvalue weighted by Crippen LogP contribution is -1.96. The van der Waals surface area contributed by atoms with Crippen LogP contribution in [0.5, 0.6) is 0 Å². The Labute approximate surface area is 118 Å². The third-order valence-electron chi connectivity index (χ3n) is 3.25. The Balaban J connectivity index is 2.09. The molecule has 2 aromatic rings. The van der Waals surface area contributed by atoms with Crippen molar-refractivity contribution < 1.29 is 0 Å². The zero-order valence-electron chi connectivity index (χ0n) is 11.0. The fraction of sp³-hybridized carbons (Fsp3) is 0.294. The van der Waals surface area contributed by atoms with Crippen molar-refractivity contribution in [3.05, 3.63) is 70.8 Å².